The predicted octanol–water partition coefficient (Wildman–Crippen LogP) is 1.52. The monoisotopic (exact) mass is 237 g/mol. The van der Waals surface area contributed by atoms with Gasteiger partial charge < -0.3 is 19.9 Å². The van der Waals surface area contributed by atoms with Crippen LogP contribution in [0.3, 0.4) is 0 Å². The Kier molecular flexibility index (Phi) is 3.86. The van der Waals surface area contributed by atoms with E-state index in [2.05, 4.69) is 19.2 Å². The zero-order valence-corrected chi connectivity index (χ0v) is 10.3. The van der Waals surface area contributed by atoms with Gasteiger partial charge in [-0.15, -0.1) is 0 Å². The van der Waals surface area contributed by atoms with Gasteiger partial charge in [0.2, 0.25) is 6.79 Å². The third kappa shape index (κ3) is 2.90. The van der Waals surface area contributed by atoms with E-state index in [-0.39, 0.29) is 12.6 Å². The second-order valence-electron chi connectivity index (χ2n) is 4.60. The van der Waals surface area contributed by atoms with E-state index in [0.29, 0.717) is 12.7 Å². The molecule has 1 aliphatic rings. The van der Waals surface area contributed by atoms with Crippen molar-refractivity contribution in [3.63, 3.8) is 0 Å². The molecule has 0 aromatic heterocycles. The lowest BCUT2D eigenvalue weighted by atomic mass is 10.1. The van der Waals surface area contributed by atoms with E-state index in [0.717, 1.165) is 23.6 Å². The van der Waals surface area contributed by atoms with Crippen LogP contribution in [0.25, 0.3) is 0 Å². The summed E-state index contributed by atoms with van der Waals surface area (Å²) in [6, 6.07) is 6.03. The van der Waals surface area contributed by atoms with Gasteiger partial charge >= 0.3 is 0 Å². The minimum absolute atomic E-state index is 0.125. The van der Waals surface area contributed by atoms with Crippen LogP contribution in [0.1, 0.15) is 19.4 Å². The third-order valence-corrected chi connectivity index (χ3v) is 3.01. The molecule has 2 N–H and O–H groups in total. The van der Waals surface area contributed by atoms with Gasteiger partial charge in [-0.3, -0.25) is 0 Å². The lowest BCUT2D eigenvalue weighted by Gasteiger charge is -2.19. The van der Waals surface area contributed by atoms with E-state index >= 15 is 0 Å². The summed E-state index contributed by atoms with van der Waals surface area (Å²) in [5.74, 6) is 2.01. The Balaban J connectivity index is 1.95. The van der Waals surface area contributed by atoms with Crippen LogP contribution in [0.15, 0.2) is 18.2 Å². The SMILES string of the molecule is CC(C)C(CO)NCc1ccc2c(c1)OCO2. The number of ether oxygens (including phenoxy) is 2. The Bertz CT molecular complexity index is 379. The molecule has 0 bridgehead atoms. The maximum absolute atomic E-state index is 9.22. The van der Waals surface area contributed by atoms with E-state index in [1.54, 1.807) is 0 Å². The maximum Gasteiger partial charge on any atom is 0.231 e. The first-order valence-corrected chi connectivity index (χ1v) is 5.93. The fraction of sp³-hybridized carbons (Fsp3) is 0.538. The van der Waals surface area contributed by atoms with Crippen molar-refractivity contribution >= 4 is 0 Å². The van der Waals surface area contributed by atoms with Gasteiger partial charge in [0.1, 0.15) is 0 Å². The molecule has 1 aromatic rings. The molecule has 0 spiro atoms. The highest BCUT2D eigenvalue weighted by Gasteiger charge is 2.14. The van der Waals surface area contributed by atoms with Gasteiger partial charge in [-0.2, -0.15) is 0 Å². The fourth-order valence-corrected chi connectivity index (χ4v) is 1.81. The topological polar surface area (TPSA) is 50.7 Å². The van der Waals surface area contributed by atoms with Gasteiger partial charge in [-0.05, 0) is 23.6 Å². The van der Waals surface area contributed by atoms with Crippen LogP contribution in [0.4, 0.5) is 0 Å². The minimum Gasteiger partial charge on any atom is -0.454 e. The van der Waals surface area contributed by atoms with Crippen molar-refractivity contribution in [1.29, 1.82) is 0 Å². The number of aliphatic hydroxyl groups excluding tert-OH is 1. The highest BCUT2D eigenvalue weighted by Crippen LogP contribution is 2.32. The molecule has 1 aromatic carbocycles. The van der Waals surface area contributed by atoms with Gasteiger partial charge in [-0.25, -0.2) is 0 Å². The average Bonchev–Trinajstić information content (AvgIpc) is 2.76. The number of fused-ring (bicyclic) bond motifs is 1. The highest BCUT2D eigenvalue weighted by atomic mass is 16.7. The second-order valence-corrected chi connectivity index (χ2v) is 4.60. The third-order valence-electron chi connectivity index (χ3n) is 3.01. The molecule has 1 heterocycles. The van der Waals surface area contributed by atoms with Crippen LogP contribution in [-0.4, -0.2) is 24.5 Å². The lowest BCUT2D eigenvalue weighted by molar-refractivity contribution is 0.174. The first kappa shape index (κ1) is 12.2. The number of hydrogen-bond donors (Lipinski definition) is 2. The smallest absolute Gasteiger partial charge is 0.231 e. The summed E-state index contributed by atoms with van der Waals surface area (Å²) in [5.41, 5.74) is 1.13. The van der Waals surface area contributed by atoms with Crippen LogP contribution in [0.2, 0.25) is 0 Å². The van der Waals surface area contributed by atoms with Crippen LogP contribution in [-0.2, 0) is 6.54 Å². The molecule has 4 heteroatoms. The van der Waals surface area contributed by atoms with Crippen LogP contribution >= 0.6 is 0 Å². The number of rotatable bonds is 5. The van der Waals surface area contributed by atoms with Crippen molar-refractivity contribution in [2.45, 2.75) is 26.4 Å². The Hall–Kier alpha value is -1.26. The molecule has 0 aliphatic carbocycles. The molecule has 1 aliphatic heterocycles. The van der Waals surface area contributed by atoms with Crippen molar-refractivity contribution in [2.75, 3.05) is 13.4 Å². The summed E-state index contributed by atoms with van der Waals surface area (Å²) in [5, 5.41) is 12.6. The van der Waals surface area contributed by atoms with Crippen LogP contribution in [0.5, 0.6) is 11.5 Å². The molecule has 1 unspecified atom stereocenters. The number of hydrogen-bond acceptors (Lipinski definition) is 4. The van der Waals surface area contributed by atoms with Gasteiger partial charge in [0.25, 0.3) is 0 Å². The van der Waals surface area contributed by atoms with E-state index in [1.807, 2.05) is 18.2 Å². The van der Waals surface area contributed by atoms with E-state index in [1.165, 1.54) is 0 Å². The normalized spacial score (nSPS) is 15.3. The molecule has 1 atom stereocenters. The summed E-state index contributed by atoms with van der Waals surface area (Å²) in [6.45, 7) is 5.36. The lowest BCUT2D eigenvalue weighted by Crippen LogP contribution is -2.36. The Morgan fingerprint density at radius 2 is 2.06 bits per heavy atom. The minimum atomic E-state index is 0.125. The summed E-state index contributed by atoms with van der Waals surface area (Å²) < 4.78 is 10.6. The zero-order valence-electron chi connectivity index (χ0n) is 10.3. The molecule has 0 amide bonds. The van der Waals surface area contributed by atoms with Gasteiger partial charge in [0.15, 0.2) is 11.5 Å². The van der Waals surface area contributed by atoms with Gasteiger partial charge in [0, 0.05) is 12.6 Å². The summed E-state index contributed by atoms with van der Waals surface area (Å²) in [4.78, 5) is 0. The molecule has 0 saturated heterocycles. The summed E-state index contributed by atoms with van der Waals surface area (Å²) >= 11 is 0. The number of nitrogens with one attached hydrogen (secondary N) is 1. The molecule has 2 rings (SSSR count). The van der Waals surface area contributed by atoms with E-state index < -0.39 is 0 Å². The maximum atomic E-state index is 9.22. The molecule has 4 nitrogen and oxygen atoms in total. The average molecular weight is 237 g/mol. The summed E-state index contributed by atoms with van der Waals surface area (Å²) in [6.07, 6.45) is 0. The molecule has 94 valence electrons. The molecule has 0 fully saturated rings. The number of aliphatic hydroxyl groups is 1. The van der Waals surface area contributed by atoms with E-state index in [9.17, 15) is 5.11 Å². The van der Waals surface area contributed by atoms with Crippen molar-refractivity contribution in [3.8, 4) is 11.5 Å². The van der Waals surface area contributed by atoms with E-state index in [4.69, 9.17) is 9.47 Å². The standard InChI is InChI=1S/C13H19NO3/c1-9(2)11(7-15)14-6-10-3-4-12-13(5-10)17-8-16-12/h3-5,9,11,14-15H,6-8H2,1-2H3. The first-order chi connectivity index (χ1) is 8.20. The van der Waals surface area contributed by atoms with Gasteiger partial charge in [0.05, 0.1) is 6.61 Å². The van der Waals surface area contributed by atoms with Gasteiger partial charge in [-0.1, -0.05) is 19.9 Å². The molecule has 0 radical (unpaired) electrons. The van der Waals surface area contributed by atoms with Crippen molar-refractivity contribution < 1.29 is 14.6 Å². The van der Waals surface area contributed by atoms with Crippen molar-refractivity contribution in [3.05, 3.63) is 23.8 Å². The largest absolute Gasteiger partial charge is 0.454 e. The van der Waals surface area contributed by atoms with Crippen molar-refractivity contribution in [2.24, 2.45) is 5.92 Å². The van der Waals surface area contributed by atoms with Crippen LogP contribution in [0, 0.1) is 5.92 Å². The molecular formula is C13H19NO3. The quantitative estimate of drug-likeness (QED) is 0.815. The Morgan fingerprint density at radius 1 is 1.29 bits per heavy atom. The molecular weight excluding hydrogens is 218 g/mol. The Morgan fingerprint density at radius 3 is 2.76 bits per heavy atom. The Labute approximate surface area is 102 Å². The van der Waals surface area contributed by atoms with Crippen molar-refractivity contribution in [1.82, 2.24) is 5.32 Å². The predicted molar refractivity (Wildman–Crippen MR) is 65.1 cm³/mol. The molecule has 0 saturated carbocycles. The molecule has 17 heavy (non-hydrogen) atoms. The second kappa shape index (κ2) is 5.38. The highest BCUT2D eigenvalue weighted by molar-refractivity contribution is 5.44. The van der Waals surface area contributed by atoms with Crippen LogP contribution < -0.4 is 14.8 Å². The fourth-order valence-electron chi connectivity index (χ4n) is 1.81. The summed E-state index contributed by atoms with van der Waals surface area (Å²) in [7, 11) is 0. The zero-order chi connectivity index (χ0) is 12.3. The first-order valence-electron chi connectivity index (χ1n) is 5.93. The number of benzene rings is 1.